The van der Waals surface area contributed by atoms with Crippen LogP contribution in [0.2, 0.25) is 0 Å². The number of aromatic nitrogens is 2. The molecule has 0 unspecified atom stereocenters. The lowest BCUT2D eigenvalue weighted by molar-refractivity contribution is -0.0504. The summed E-state index contributed by atoms with van der Waals surface area (Å²) in [6.45, 7) is 4.15. The Morgan fingerprint density at radius 2 is 1.90 bits per heavy atom. The van der Waals surface area contributed by atoms with Gasteiger partial charge in [-0.3, -0.25) is 9.67 Å². The number of aryl methyl sites for hydroxylation is 3. The average Bonchev–Trinajstić information content (AvgIpc) is 2.98. The van der Waals surface area contributed by atoms with Gasteiger partial charge in [-0.15, -0.1) is 24.0 Å². The maximum absolute atomic E-state index is 12.6. The molecular formula is C20H30F2IN5O. The predicted molar refractivity (Wildman–Crippen MR) is 122 cm³/mol. The summed E-state index contributed by atoms with van der Waals surface area (Å²) in [5, 5.41) is 11.0. The largest absolute Gasteiger partial charge is 0.434 e. The highest BCUT2D eigenvalue weighted by Gasteiger charge is 2.14. The molecule has 0 atom stereocenters. The zero-order valence-corrected chi connectivity index (χ0v) is 19.9. The molecule has 0 amide bonds. The quantitative estimate of drug-likeness (QED) is 0.314. The van der Waals surface area contributed by atoms with Crippen molar-refractivity contribution in [1.82, 2.24) is 20.4 Å². The second-order valence-electron chi connectivity index (χ2n) is 6.47. The molecule has 1 aromatic carbocycles. The van der Waals surface area contributed by atoms with Crippen LogP contribution >= 0.6 is 24.0 Å². The van der Waals surface area contributed by atoms with Crippen LogP contribution in [0.3, 0.4) is 0 Å². The van der Waals surface area contributed by atoms with Crippen molar-refractivity contribution in [2.24, 2.45) is 12.0 Å². The fourth-order valence-corrected chi connectivity index (χ4v) is 3.22. The van der Waals surface area contributed by atoms with Crippen molar-refractivity contribution in [1.29, 1.82) is 0 Å². The fourth-order valence-electron chi connectivity index (χ4n) is 3.22. The van der Waals surface area contributed by atoms with Crippen LogP contribution in [0.4, 0.5) is 8.78 Å². The van der Waals surface area contributed by atoms with Crippen LogP contribution in [0.1, 0.15) is 41.9 Å². The van der Waals surface area contributed by atoms with E-state index in [1.54, 1.807) is 19.2 Å². The van der Waals surface area contributed by atoms with E-state index in [2.05, 4.69) is 39.3 Å². The van der Waals surface area contributed by atoms with Gasteiger partial charge in [-0.2, -0.15) is 13.9 Å². The first kappa shape index (κ1) is 25.1. The van der Waals surface area contributed by atoms with Gasteiger partial charge in [-0.25, -0.2) is 0 Å². The molecule has 162 valence electrons. The summed E-state index contributed by atoms with van der Waals surface area (Å²) in [5.41, 5.74) is 5.04. The first-order chi connectivity index (χ1) is 13.4. The third-order valence-corrected chi connectivity index (χ3v) is 4.56. The Morgan fingerprint density at radius 3 is 2.48 bits per heavy atom. The van der Waals surface area contributed by atoms with Crippen molar-refractivity contribution in [3.05, 3.63) is 46.3 Å². The van der Waals surface area contributed by atoms with Crippen LogP contribution in [0.15, 0.2) is 23.2 Å². The number of benzene rings is 1. The molecule has 0 bridgehead atoms. The molecule has 0 saturated heterocycles. The number of hydrogen-bond acceptors (Lipinski definition) is 3. The first-order valence-electron chi connectivity index (χ1n) is 9.42. The van der Waals surface area contributed by atoms with Crippen LogP contribution in [0.25, 0.3) is 0 Å². The normalized spacial score (nSPS) is 11.4. The van der Waals surface area contributed by atoms with Crippen LogP contribution in [-0.2, 0) is 33.0 Å². The summed E-state index contributed by atoms with van der Waals surface area (Å²) in [5.74, 6) is 0.745. The smallest absolute Gasteiger partial charge is 0.387 e. The molecule has 0 radical (unpaired) electrons. The van der Waals surface area contributed by atoms with Gasteiger partial charge in [-0.1, -0.05) is 31.5 Å². The molecule has 0 fully saturated rings. The van der Waals surface area contributed by atoms with E-state index in [0.717, 1.165) is 24.1 Å². The van der Waals surface area contributed by atoms with E-state index in [4.69, 9.17) is 0 Å². The van der Waals surface area contributed by atoms with Gasteiger partial charge < -0.3 is 15.4 Å². The van der Waals surface area contributed by atoms with Gasteiger partial charge in [0.15, 0.2) is 5.96 Å². The van der Waals surface area contributed by atoms with E-state index in [1.807, 2.05) is 24.7 Å². The minimum atomic E-state index is -2.86. The zero-order chi connectivity index (χ0) is 20.7. The minimum absolute atomic E-state index is 0. The van der Waals surface area contributed by atoms with Gasteiger partial charge in [0.1, 0.15) is 5.75 Å². The highest BCUT2D eigenvalue weighted by Crippen LogP contribution is 2.22. The molecule has 1 heterocycles. The molecule has 6 nitrogen and oxygen atoms in total. The van der Waals surface area contributed by atoms with Crippen molar-refractivity contribution >= 4 is 29.9 Å². The predicted octanol–water partition coefficient (Wildman–Crippen LogP) is 3.94. The SMILES string of the molecule is CCc1nn(C)c(CC)c1CNC(=NC)NCc1cc(C)ccc1OC(F)F.I. The first-order valence-corrected chi connectivity index (χ1v) is 9.42. The van der Waals surface area contributed by atoms with Crippen LogP contribution < -0.4 is 15.4 Å². The Balaban J connectivity index is 0.00000420. The molecule has 9 heteroatoms. The Labute approximate surface area is 188 Å². The monoisotopic (exact) mass is 521 g/mol. The lowest BCUT2D eigenvalue weighted by atomic mass is 10.1. The molecule has 1 aromatic heterocycles. The van der Waals surface area contributed by atoms with Crippen LogP contribution in [-0.4, -0.2) is 29.4 Å². The second kappa shape index (κ2) is 11.9. The Hall–Kier alpha value is -1.91. The molecule has 2 aromatic rings. The van der Waals surface area contributed by atoms with E-state index in [1.165, 1.54) is 11.3 Å². The van der Waals surface area contributed by atoms with Gasteiger partial charge in [0.25, 0.3) is 0 Å². The average molecular weight is 521 g/mol. The summed E-state index contributed by atoms with van der Waals surface area (Å²) in [7, 11) is 3.63. The summed E-state index contributed by atoms with van der Waals surface area (Å²) >= 11 is 0. The van der Waals surface area contributed by atoms with E-state index < -0.39 is 6.61 Å². The number of ether oxygens (including phenoxy) is 1. The Kier molecular flexibility index (Phi) is 10.3. The number of nitrogens with zero attached hydrogens (tertiary/aromatic N) is 3. The second-order valence-corrected chi connectivity index (χ2v) is 6.47. The van der Waals surface area contributed by atoms with E-state index in [0.29, 0.717) is 24.6 Å². The molecule has 0 aliphatic carbocycles. The number of guanidine groups is 1. The number of rotatable bonds is 8. The molecule has 29 heavy (non-hydrogen) atoms. The van der Waals surface area contributed by atoms with Gasteiger partial charge in [0.2, 0.25) is 0 Å². The van der Waals surface area contributed by atoms with Crippen molar-refractivity contribution in [2.75, 3.05) is 7.05 Å². The van der Waals surface area contributed by atoms with Gasteiger partial charge in [0.05, 0.1) is 5.69 Å². The standard InChI is InChI=1S/C20H29F2N5O.HI/c1-6-16-15(17(7-2)27(5)26-16)12-25-20(23-4)24-11-14-10-13(3)8-9-18(14)28-19(21)22;/h8-10,19H,6-7,11-12H2,1-5H3,(H2,23,24,25);1H. The highest BCUT2D eigenvalue weighted by molar-refractivity contribution is 14.0. The third kappa shape index (κ3) is 6.83. The molecule has 0 aliphatic rings. The maximum atomic E-state index is 12.6. The zero-order valence-electron chi connectivity index (χ0n) is 17.6. The third-order valence-electron chi connectivity index (χ3n) is 4.56. The number of nitrogens with one attached hydrogen (secondary N) is 2. The van der Waals surface area contributed by atoms with Crippen molar-refractivity contribution in [3.63, 3.8) is 0 Å². The van der Waals surface area contributed by atoms with Gasteiger partial charge in [0, 0.05) is 44.0 Å². The number of hydrogen-bond donors (Lipinski definition) is 2. The summed E-state index contributed by atoms with van der Waals surface area (Å²) in [6.07, 6.45) is 1.75. The van der Waals surface area contributed by atoms with Gasteiger partial charge in [-0.05, 0) is 25.8 Å². The lowest BCUT2D eigenvalue weighted by Crippen LogP contribution is -2.36. The Bertz CT molecular complexity index is 823. The summed E-state index contributed by atoms with van der Waals surface area (Å²) < 4.78 is 31.8. The summed E-state index contributed by atoms with van der Waals surface area (Å²) in [6, 6.07) is 5.13. The molecule has 0 spiro atoms. The number of alkyl halides is 2. The molecule has 2 rings (SSSR count). The highest BCUT2D eigenvalue weighted by atomic mass is 127. The molecular weight excluding hydrogens is 491 g/mol. The fraction of sp³-hybridized carbons (Fsp3) is 0.500. The Morgan fingerprint density at radius 1 is 1.21 bits per heavy atom. The van der Waals surface area contributed by atoms with E-state index in [-0.39, 0.29) is 29.7 Å². The number of aliphatic imine (C=N–C) groups is 1. The van der Waals surface area contributed by atoms with E-state index in [9.17, 15) is 8.78 Å². The van der Waals surface area contributed by atoms with Crippen molar-refractivity contribution in [2.45, 2.75) is 53.3 Å². The lowest BCUT2D eigenvalue weighted by Gasteiger charge is -2.15. The summed E-state index contributed by atoms with van der Waals surface area (Å²) in [4.78, 5) is 4.23. The topological polar surface area (TPSA) is 63.5 Å². The van der Waals surface area contributed by atoms with Crippen LogP contribution in [0, 0.1) is 6.92 Å². The molecule has 0 aliphatic heterocycles. The van der Waals surface area contributed by atoms with Crippen molar-refractivity contribution < 1.29 is 13.5 Å². The molecule has 2 N–H and O–H groups in total. The van der Waals surface area contributed by atoms with Crippen LogP contribution in [0.5, 0.6) is 5.75 Å². The van der Waals surface area contributed by atoms with Crippen molar-refractivity contribution in [3.8, 4) is 5.75 Å². The van der Waals surface area contributed by atoms with Gasteiger partial charge >= 0.3 is 6.61 Å². The molecule has 0 saturated carbocycles. The maximum Gasteiger partial charge on any atom is 0.387 e. The minimum Gasteiger partial charge on any atom is -0.434 e. The number of halogens is 3. The van der Waals surface area contributed by atoms with E-state index >= 15 is 0 Å².